The molecule has 1 saturated heterocycles. The van der Waals surface area contributed by atoms with E-state index in [0.717, 1.165) is 86.1 Å². The summed E-state index contributed by atoms with van der Waals surface area (Å²) in [5.74, 6) is 0.201. The van der Waals surface area contributed by atoms with Crippen molar-refractivity contribution in [3.05, 3.63) is 94.8 Å². The minimum Gasteiger partial charge on any atom is -0.494 e. The zero-order valence-corrected chi connectivity index (χ0v) is 32.0. The molecule has 4 N–H and O–H groups in total. The molecule has 288 valence electrons. The van der Waals surface area contributed by atoms with E-state index in [9.17, 15) is 19.8 Å². The standard InChI is InChI=1S/C42H38N8O6S/c1-55-36-21-35(48-13-3-4-14-48)37(56-2)20-30(36)46-47-42-45-29-6-5-22(17-38(29)57-42)39(51)49-15-11-23-25-18-31(43-27(25)7-9-33(23)49)40(52)50-16-12-24-26-19-32(41(53)54)44-28(26)8-10-34(24)50/h5-10,17-21,40,43-44,52H,3-4,11-16H2,1-2H3,(H,53,54). The van der Waals surface area contributed by atoms with Gasteiger partial charge in [0.15, 0.2) is 6.23 Å². The van der Waals surface area contributed by atoms with Crippen molar-refractivity contribution in [2.75, 3.05) is 55.1 Å². The van der Waals surface area contributed by atoms with Crippen LogP contribution in [0.5, 0.6) is 11.5 Å². The van der Waals surface area contributed by atoms with Crippen LogP contribution in [0.25, 0.3) is 32.0 Å². The molecule has 0 spiro atoms. The third-order valence-electron chi connectivity index (χ3n) is 11.4. The average Bonchev–Trinajstić information content (AvgIpc) is 4.08. The number of nitrogens with zero attached hydrogens (tertiary/aromatic N) is 6. The molecule has 0 radical (unpaired) electrons. The van der Waals surface area contributed by atoms with Gasteiger partial charge in [0.1, 0.15) is 22.9 Å². The Kier molecular flexibility index (Phi) is 8.37. The summed E-state index contributed by atoms with van der Waals surface area (Å²) in [7, 11) is 3.26. The number of carbonyl (C=O) groups excluding carboxylic acids is 1. The predicted molar refractivity (Wildman–Crippen MR) is 220 cm³/mol. The molecule has 1 amide bonds. The van der Waals surface area contributed by atoms with E-state index in [1.54, 1.807) is 26.4 Å². The molecule has 7 aromatic rings. The molecule has 14 nitrogen and oxygen atoms in total. The van der Waals surface area contributed by atoms with Gasteiger partial charge in [-0.2, -0.15) is 0 Å². The van der Waals surface area contributed by atoms with E-state index in [4.69, 9.17) is 9.47 Å². The number of anilines is 3. The summed E-state index contributed by atoms with van der Waals surface area (Å²) in [5.41, 5.74) is 9.03. The summed E-state index contributed by atoms with van der Waals surface area (Å²) < 4.78 is 12.2. The highest BCUT2D eigenvalue weighted by Gasteiger charge is 2.32. The van der Waals surface area contributed by atoms with Gasteiger partial charge in [-0.05, 0) is 91.4 Å². The second-order valence-electron chi connectivity index (χ2n) is 14.6. The number of azo groups is 1. The van der Waals surface area contributed by atoms with E-state index in [-0.39, 0.29) is 11.6 Å². The van der Waals surface area contributed by atoms with Gasteiger partial charge in [0.2, 0.25) is 5.13 Å². The maximum absolute atomic E-state index is 14.0. The number of aromatic nitrogens is 3. The predicted octanol–water partition coefficient (Wildman–Crippen LogP) is 8.25. The Morgan fingerprint density at radius 1 is 0.807 bits per heavy atom. The van der Waals surface area contributed by atoms with Gasteiger partial charge in [0, 0.05) is 77.1 Å². The number of hydrogen-bond acceptors (Lipinski definition) is 11. The van der Waals surface area contributed by atoms with Gasteiger partial charge in [-0.25, -0.2) is 9.78 Å². The molecule has 57 heavy (non-hydrogen) atoms. The molecular formula is C42H38N8O6S. The van der Waals surface area contributed by atoms with Gasteiger partial charge in [-0.3, -0.25) is 4.79 Å². The number of ether oxygens (including phenoxy) is 2. The first-order valence-electron chi connectivity index (χ1n) is 18.9. The van der Waals surface area contributed by atoms with Crippen LogP contribution < -0.4 is 24.2 Å². The summed E-state index contributed by atoms with van der Waals surface area (Å²) in [6.07, 6.45) is 2.71. The molecule has 3 aliphatic heterocycles. The molecule has 1 fully saturated rings. The second kappa shape index (κ2) is 13.6. The van der Waals surface area contributed by atoms with E-state index >= 15 is 0 Å². The lowest BCUT2D eigenvalue weighted by Crippen LogP contribution is -2.28. The Morgan fingerprint density at radius 3 is 2.33 bits per heavy atom. The van der Waals surface area contributed by atoms with Crippen LogP contribution in [0, 0.1) is 0 Å². The second-order valence-corrected chi connectivity index (χ2v) is 15.6. The number of benzene rings is 4. The third kappa shape index (κ3) is 5.84. The first-order chi connectivity index (χ1) is 27.8. The van der Waals surface area contributed by atoms with E-state index < -0.39 is 12.2 Å². The molecular weight excluding hydrogens is 745 g/mol. The largest absolute Gasteiger partial charge is 0.494 e. The number of nitrogens with one attached hydrogen (secondary N) is 2. The quantitative estimate of drug-likeness (QED) is 0.105. The van der Waals surface area contributed by atoms with Crippen LogP contribution in [0.4, 0.5) is 27.9 Å². The van der Waals surface area contributed by atoms with Crippen LogP contribution in [0.15, 0.2) is 77.0 Å². The number of carboxylic acids is 1. The van der Waals surface area contributed by atoms with Crippen LogP contribution in [0.3, 0.4) is 0 Å². The van der Waals surface area contributed by atoms with Crippen LogP contribution in [0.1, 0.15) is 56.7 Å². The van der Waals surface area contributed by atoms with Crippen molar-refractivity contribution in [2.24, 2.45) is 10.2 Å². The number of aliphatic hydroxyl groups is 1. The number of aliphatic hydroxyl groups excluding tert-OH is 1. The number of aromatic amines is 2. The van der Waals surface area contributed by atoms with E-state index in [0.29, 0.717) is 59.5 Å². The topological polar surface area (TPSA) is 172 Å². The fourth-order valence-electron chi connectivity index (χ4n) is 8.65. The number of fused-ring (bicyclic) bond motifs is 7. The van der Waals surface area contributed by atoms with Crippen molar-refractivity contribution in [2.45, 2.75) is 31.9 Å². The van der Waals surface area contributed by atoms with Gasteiger partial charge in [0.25, 0.3) is 5.91 Å². The van der Waals surface area contributed by atoms with Crippen molar-refractivity contribution in [1.82, 2.24) is 15.0 Å². The Labute approximate surface area is 330 Å². The molecule has 10 rings (SSSR count). The van der Waals surface area contributed by atoms with Crippen molar-refractivity contribution in [3.63, 3.8) is 0 Å². The molecule has 3 aromatic heterocycles. The smallest absolute Gasteiger partial charge is 0.352 e. The highest BCUT2D eigenvalue weighted by molar-refractivity contribution is 7.21. The molecule has 1 unspecified atom stereocenters. The minimum absolute atomic E-state index is 0.104. The summed E-state index contributed by atoms with van der Waals surface area (Å²) in [4.78, 5) is 42.7. The zero-order valence-electron chi connectivity index (χ0n) is 31.2. The number of hydrogen-bond donors (Lipinski definition) is 4. The minimum atomic E-state index is -1.01. The normalized spacial score (nSPS) is 15.7. The molecule has 4 aromatic carbocycles. The Morgan fingerprint density at radius 2 is 1.54 bits per heavy atom. The Bertz CT molecular complexity index is 2800. The van der Waals surface area contributed by atoms with Crippen molar-refractivity contribution in [3.8, 4) is 11.5 Å². The van der Waals surface area contributed by atoms with Gasteiger partial charge < -0.3 is 44.4 Å². The highest BCUT2D eigenvalue weighted by atomic mass is 32.1. The number of methoxy groups -OCH3 is 2. The number of aromatic carboxylic acids is 1. The molecule has 3 aliphatic rings. The fourth-order valence-corrected chi connectivity index (χ4v) is 9.47. The maximum Gasteiger partial charge on any atom is 0.352 e. The van der Waals surface area contributed by atoms with Crippen molar-refractivity contribution in [1.29, 1.82) is 0 Å². The van der Waals surface area contributed by atoms with Crippen LogP contribution >= 0.6 is 11.3 Å². The zero-order chi connectivity index (χ0) is 38.9. The first kappa shape index (κ1) is 35.0. The van der Waals surface area contributed by atoms with E-state index in [1.165, 1.54) is 11.3 Å². The van der Waals surface area contributed by atoms with E-state index in [2.05, 4.69) is 30.1 Å². The summed E-state index contributed by atoms with van der Waals surface area (Å²) in [6.45, 7) is 3.06. The van der Waals surface area contributed by atoms with E-state index in [1.807, 2.05) is 64.4 Å². The SMILES string of the molecule is COc1cc(N2CCCC2)c(OC)cc1N=Nc1nc2ccc(C(=O)N3CCc4c3ccc3[nH]c(C(O)N5CCc6c5ccc5[nH]c(C(=O)O)cc65)cc43)cc2s1. The van der Waals surface area contributed by atoms with Gasteiger partial charge >= 0.3 is 5.97 Å². The first-order valence-corrected chi connectivity index (χ1v) is 19.7. The summed E-state index contributed by atoms with van der Waals surface area (Å²) >= 11 is 1.36. The lowest BCUT2D eigenvalue weighted by Gasteiger charge is -2.25. The summed E-state index contributed by atoms with van der Waals surface area (Å²) in [5, 5.41) is 32.3. The number of amides is 1. The fraction of sp³-hybridized carbons (Fsp3) is 0.262. The number of carbonyl (C=O) groups is 2. The number of rotatable bonds is 9. The van der Waals surface area contributed by atoms with Crippen LogP contribution in [-0.4, -0.2) is 77.4 Å². The number of thiazole rings is 1. The molecule has 6 heterocycles. The van der Waals surface area contributed by atoms with Crippen molar-refractivity contribution < 1.29 is 29.3 Å². The van der Waals surface area contributed by atoms with Gasteiger partial charge in [-0.1, -0.05) is 11.3 Å². The molecule has 15 heteroatoms. The number of H-pyrrole nitrogens is 2. The number of carboxylic acid groups (broad SMARTS) is 1. The summed E-state index contributed by atoms with van der Waals surface area (Å²) in [6, 6.07) is 20.6. The third-order valence-corrected chi connectivity index (χ3v) is 12.3. The Balaban J connectivity index is 0.882. The molecule has 1 atom stereocenters. The molecule has 0 saturated carbocycles. The average molecular weight is 783 g/mol. The van der Waals surface area contributed by atoms with Crippen molar-refractivity contribution >= 4 is 83.1 Å². The van der Waals surface area contributed by atoms with Gasteiger partial charge in [0.05, 0.1) is 35.8 Å². The highest BCUT2D eigenvalue weighted by Crippen LogP contribution is 2.43. The molecule has 0 bridgehead atoms. The van der Waals surface area contributed by atoms with Gasteiger partial charge in [-0.15, -0.1) is 10.2 Å². The monoisotopic (exact) mass is 782 g/mol. The maximum atomic E-state index is 14.0. The van der Waals surface area contributed by atoms with Crippen LogP contribution in [-0.2, 0) is 12.8 Å². The molecule has 0 aliphatic carbocycles. The van der Waals surface area contributed by atoms with Crippen LogP contribution in [0.2, 0.25) is 0 Å². The Hall–Kier alpha value is -6.45. The lowest BCUT2D eigenvalue weighted by atomic mass is 10.1. The lowest BCUT2D eigenvalue weighted by molar-refractivity contribution is 0.0691.